The molecule has 4 rings (SSSR count). The van der Waals surface area contributed by atoms with Crippen molar-refractivity contribution in [3.05, 3.63) is 95.6 Å². The first-order chi connectivity index (χ1) is 13.7. The molecule has 0 fully saturated rings. The minimum atomic E-state index is -0.196. The Labute approximate surface area is 168 Å². The van der Waals surface area contributed by atoms with E-state index in [2.05, 4.69) is 11.5 Å². The molecule has 28 heavy (non-hydrogen) atoms. The molecule has 1 heterocycles. The van der Waals surface area contributed by atoms with Crippen molar-refractivity contribution in [2.75, 3.05) is 17.3 Å². The maximum absolute atomic E-state index is 13.0. The summed E-state index contributed by atoms with van der Waals surface area (Å²) in [6.45, 7) is 0.735. The van der Waals surface area contributed by atoms with Crippen molar-refractivity contribution >= 4 is 29.1 Å². The third kappa shape index (κ3) is 3.94. The first kappa shape index (κ1) is 18.3. The fraction of sp³-hybridized carbons (Fsp3) is 0.130. The van der Waals surface area contributed by atoms with Gasteiger partial charge >= 0.3 is 0 Å². The smallest absolute Gasteiger partial charge is 0.270 e. The maximum Gasteiger partial charge on any atom is 0.270 e. The van der Waals surface area contributed by atoms with Gasteiger partial charge in [0.25, 0.3) is 5.91 Å². The summed E-state index contributed by atoms with van der Waals surface area (Å²) in [5.74, 6) is 0.713. The second kappa shape index (κ2) is 8.31. The van der Waals surface area contributed by atoms with Gasteiger partial charge in [0, 0.05) is 34.7 Å². The second-order valence-electron chi connectivity index (χ2n) is 6.53. The molecular weight excluding hydrogens is 368 g/mol. The summed E-state index contributed by atoms with van der Waals surface area (Å²) in [5.41, 5.74) is 5.93. The molecule has 1 aliphatic rings. The first-order valence-electron chi connectivity index (χ1n) is 9.19. The van der Waals surface area contributed by atoms with Gasteiger partial charge in [-0.25, -0.2) is 0 Å². The number of ketones is 1. The molecular formula is C23H20N2O2S. The summed E-state index contributed by atoms with van der Waals surface area (Å²) in [5, 5.41) is 1.89. The van der Waals surface area contributed by atoms with Gasteiger partial charge in [0.1, 0.15) is 0 Å². The van der Waals surface area contributed by atoms with Crippen LogP contribution < -0.4 is 10.4 Å². The molecule has 1 N–H and O–H groups in total. The molecule has 1 aliphatic heterocycles. The van der Waals surface area contributed by atoms with Crippen molar-refractivity contribution in [2.45, 2.75) is 11.3 Å². The van der Waals surface area contributed by atoms with E-state index in [9.17, 15) is 9.59 Å². The number of Topliss-reactive ketones (excluding diaryl/α,β-unsaturated/α-hetero) is 1. The van der Waals surface area contributed by atoms with Gasteiger partial charge in [0.05, 0.1) is 5.69 Å². The summed E-state index contributed by atoms with van der Waals surface area (Å²) >= 11 is 1.79. The van der Waals surface area contributed by atoms with Crippen LogP contribution in [-0.4, -0.2) is 24.0 Å². The molecule has 3 aromatic rings. The zero-order valence-corrected chi connectivity index (χ0v) is 16.1. The Kier molecular flexibility index (Phi) is 5.44. The Hall–Kier alpha value is -3.05. The number of carbonyl (C=O) groups excluding carboxylic acids is 2. The Balaban J connectivity index is 1.54. The number of benzene rings is 3. The van der Waals surface area contributed by atoms with Gasteiger partial charge in [-0.1, -0.05) is 60.7 Å². The summed E-state index contributed by atoms with van der Waals surface area (Å²) in [4.78, 5) is 26.7. The normalized spacial score (nSPS) is 12.9. The number of para-hydroxylation sites is 1. The second-order valence-corrected chi connectivity index (χ2v) is 7.67. The standard InChI is InChI=1S/C23H20N2O2S/c26-21(17-8-2-1-3-9-17)16-18-10-4-5-11-19(18)23(27)24-25-14-15-28-22-13-7-6-12-20(22)25/h1-13H,14-16H2,(H,24,27). The number of carbonyl (C=O) groups is 2. The highest BCUT2D eigenvalue weighted by molar-refractivity contribution is 7.99. The highest BCUT2D eigenvalue weighted by Gasteiger charge is 2.21. The fourth-order valence-electron chi connectivity index (χ4n) is 3.26. The van der Waals surface area contributed by atoms with Crippen LogP contribution in [0.3, 0.4) is 0 Å². The predicted octanol–water partition coefficient (Wildman–Crippen LogP) is 4.37. The zero-order valence-electron chi connectivity index (χ0n) is 15.3. The molecule has 140 valence electrons. The van der Waals surface area contributed by atoms with E-state index < -0.39 is 0 Å². The van der Waals surface area contributed by atoms with Crippen molar-refractivity contribution in [1.82, 2.24) is 5.43 Å². The van der Waals surface area contributed by atoms with Crippen molar-refractivity contribution in [3.63, 3.8) is 0 Å². The van der Waals surface area contributed by atoms with Gasteiger partial charge in [-0.2, -0.15) is 0 Å². The molecule has 0 spiro atoms. The van der Waals surface area contributed by atoms with Crippen LogP contribution in [0.15, 0.2) is 83.8 Å². The number of nitrogens with zero attached hydrogens (tertiary/aromatic N) is 1. The fourth-order valence-corrected chi connectivity index (χ4v) is 4.26. The van der Waals surface area contributed by atoms with Crippen LogP contribution in [0.2, 0.25) is 0 Å². The largest absolute Gasteiger partial charge is 0.294 e. The van der Waals surface area contributed by atoms with Crippen molar-refractivity contribution < 1.29 is 9.59 Å². The van der Waals surface area contributed by atoms with E-state index >= 15 is 0 Å². The molecule has 1 amide bonds. The van der Waals surface area contributed by atoms with Gasteiger partial charge in [-0.3, -0.25) is 20.0 Å². The summed E-state index contributed by atoms with van der Waals surface area (Å²) in [6.07, 6.45) is 0.194. The molecule has 5 heteroatoms. The molecule has 0 radical (unpaired) electrons. The Morgan fingerprint density at radius 1 is 0.893 bits per heavy atom. The highest BCUT2D eigenvalue weighted by atomic mass is 32.2. The summed E-state index contributed by atoms with van der Waals surface area (Å²) in [6, 6.07) is 24.5. The number of thioether (sulfide) groups is 1. The third-order valence-corrected chi connectivity index (χ3v) is 5.72. The maximum atomic E-state index is 13.0. The monoisotopic (exact) mass is 388 g/mol. The number of rotatable bonds is 5. The van der Waals surface area contributed by atoms with E-state index in [1.54, 1.807) is 30.0 Å². The number of hydrogen-bond acceptors (Lipinski definition) is 4. The molecule has 0 saturated carbocycles. The van der Waals surface area contributed by atoms with Crippen molar-refractivity contribution in [1.29, 1.82) is 0 Å². The summed E-state index contributed by atoms with van der Waals surface area (Å²) in [7, 11) is 0. The molecule has 0 bridgehead atoms. The molecule has 0 saturated heterocycles. The molecule has 0 unspecified atom stereocenters. The lowest BCUT2D eigenvalue weighted by atomic mass is 9.98. The van der Waals surface area contributed by atoms with Gasteiger partial charge in [-0.05, 0) is 23.8 Å². The Bertz CT molecular complexity index is 1000. The molecule has 4 nitrogen and oxygen atoms in total. The highest BCUT2D eigenvalue weighted by Crippen LogP contribution is 2.33. The Morgan fingerprint density at radius 3 is 2.46 bits per heavy atom. The minimum Gasteiger partial charge on any atom is -0.294 e. The van der Waals surface area contributed by atoms with Crippen molar-refractivity contribution in [2.24, 2.45) is 0 Å². The van der Waals surface area contributed by atoms with Gasteiger partial charge in [-0.15, -0.1) is 11.8 Å². The van der Waals surface area contributed by atoms with E-state index in [1.807, 2.05) is 59.6 Å². The quantitative estimate of drug-likeness (QED) is 0.660. The number of hydrogen-bond donors (Lipinski definition) is 1. The average Bonchev–Trinajstić information content (AvgIpc) is 2.75. The molecule has 0 atom stereocenters. The van der Waals surface area contributed by atoms with Crippen molar-refractivity contribution in [3.8, 4) is 0 Å². The number of nitrogens with one attached hydrogen (secondary N) is 1. The zero-order chi connectivity index (χ0) is 19.3. The lowest BCUT2D eigenvalue weighted by Crippen LogP contribution is -2.45. The van der Waals surface area contributed by atoms with Crippen LogP contribution in [-0.2, 0) is 6.42 Å². The summed E-state index contributed by atoms with van der Waals surface area (Å²) < 4.78 is 0. The first-order valence-corrected chi connectivity index (χ1v) is 10.2. The molecule has 0 aliphatic carbocycles. The minimum absolute atomic E-state index is 0.000526. The van der Waals surface area contributed by atoms with E-state index in [4.69, 9.17) is 0 Å². The average molecular weight is 388 g/mol. The van der Waals surface area contributed by atoms with Crippen LogP contribution in [0.4, 0.5) is 5.69 Å². The van der Waals surface area contributed by atoms with E-state index in [0.717, 1.165) is 28.4 Å². The number of anilines is 1. The van der Waals surface area contributed by atoms with E-state index in [-0.39, 0.29) is 18.1 Å². The van der Waals surface area contributed by atoms with E-state index in [1.165, 1.54) is 0 Å². The number of fused-ring (bicyclic) bond motifs is 1. The SMILES string of the molecule is O=C(Cc1ccccc1C(=O)NN1CCSc2ccccc21)c1ccccc1. The van der Waals surface area contributed by atoms with Crippen LogP contribution in [0.1, 0.15) is 26.3 Å². The number of hydrazine groups is 1. The topological polar surface area (TPSA) is 49.4 Å². The molecule has 3 aromatic carbocycles. The van der Waals surface area contributed by atoms with Crippen LogP contribution in [0.25, 0.3) is 0 Å². The van der Waals surface area contributed by atoms with Gasteiger partial charge < -0.3 is 0 Å². The Morgan fingerprint density at radius 2 is 1.61 bits per heavy atom. The van der Waals surface area contributed by atoms with Gasteiger partial charge in [0.15, 0.2) is 5.78 Å². The van der Waals surface area contributed by atoms with Crippen LogP contribution in [0, 0.1) is 0 Å². The number of amides is 1. The van der Waals surface area contributed by atoms with Crippen LogP contribution in [0.5, 0.6) is 0 Å². The lowest BCUT2D eigenvalue weighted by molar-refractivity contribution is 0.0948. The van der Waals surface area contributed by atoms with Crippen LogP contribution >= 0.6 is 11.8 Å². The molecule has 0 aromatic heterocycles. The van der Waals surface area contributed by atoms with E-state index in [0.29, 0.717) is 11.1 Å². The predicted molar refractivity (Wildman–Crippen MR) is 113 cm³/mol. The lowest BCUT2D eigenvalue weighted by Gasteiger charge is -2.31. The third-order valence-electron chi connectivity index (χ3n) is 4.67. The van der Waals surface area contributed by atoms with Gasteiger partial charge in [0.2, 0.25) is 0 Å².